The molecule has 3 aromatic rings. The van der Waals surface area contributed by atoms with Crippen molar-refractivity contribution in [3.63, 3.8) is 0 Å². The number of methoxy groups -OCH3 is 1. The predicted octanol–water partition coefficient (Wildman–Crippen LogP) is 4.48. The lowest BCUT2D eigenvalue weighted by molar-refractivity contribution is -0.120. The van der Waals surface area contributed by atoms with E-state index in [9.17, 15) is 13.6 Å². The van der Waals surface area contributed by atoms with Gasteiger partial charge in [0.25, 0.3) is 0 Å². The highest BCUT2D eigenvalue weighted by atomic mass is 19.1. The van der Waals surface area contributed by atoms with Crippen LogP contribution in [-0.4, -0.2) is 38.7 Å². The van der Waals surface area contributed by atoms with Crippen molar-refractivity contribution in [2.45, 2.75) is 12.5 Å². The minimum atomic E-state index is -0.393. The Morgan fingerprint density at radius 2 is 1.82 bits per heavy atom. The first-order valence-electron chi connectivity index (χ1n) is 11.0. The van der Waals surface area contributed by atoms with Crippen molar-refractivity contribution < 1.29 is 18.3 Å². The molecule has 0 bridgehead atoms. The summed E-state index contributed by atoms with van der Waals surface area (Å²) in [6.07, 6.45) is 0.568. The maximum absolute atomic E-state index is 13.7. The highest BCUT2D eigenvalue weighted by Gasteiger charge is 2.41. The SMILES string of the molecule is COc1ccc2c(c1)N1CCN(c3ccc(F)cc3)CC1C(C(=O)Nc1cccc(F)c1)C2. The number of benzene rings is 3. The van der Waals surface area contributed by atoms with Crippen LogP contribution in [0, 0.1) is 17.6 Å². The molecule has 5 rings (SSSR count). The van der Waals surface area contributed by atoms with E-state index in [-0.39, 0.29) is 23.7 Å². The monoisotopic (exact) mass is 449 g/mol. The second kappa shape index (κ2) is 8.73. The van der Waals surface area contributed by atoms with Gasteiger partial charge in [-0.3, -0.25) is 4.79 Å². The van der Waals surface area contributed by atoms with Gasteiger partial charge in [-0.05, 0) is 60.5 Å². The Balaban J connectivity index is 1.47. The fraction of sp³-hybridized carbons (Fsp3) is 0.269. The van der Waals surface area contributed by atoms with Gasteiger partial charge in [0.1, 0.15) is 17.4 Å². The third-order valence-corrected chi connectivity index (χ3v) is 6.55. The number of hydrogen-bond acceptors (Lipinski definition) is 4. The van der Waals surface area contributed by atoms with Crippen LogP contribution < -0.4 is 19.9 Å². The highest BCUT2D eigenvalue weighted by molar-refractivity contribution is 5.94. The predicted molar refractivity (Wildman–Crippen MR) is 125 cm³/mol. The summed E-state index contributed by atoms with van der Waals surface area (Å²) in [6, 6.07) is 18.2. The molecular weight excluding hydrogens is 424 g/mol. The van der Waals surface area contributed by atoms with E-state index in [1.165, 1.54) is 24.3 Å². The second-order valence-corrected chi connectivity index (χ2v) is 8.49. The molecule has 0 aromatic heterocycles. The van der Waals surface area contributed by atoms with Crippen molar-refractivity contribution >= 4 is 23.0 Å². The van der Waals surface area contributed by atoms with Crippen LogP contribution in [0.5, 0.6) is 5.75 Å². The number of nitrogens with zero attached hydrogens (tertiary/aromatic N) is 2. The third-order valence-electron chi connectivity index (χ3n) is 6.55. The van der Waals surface area contributed by atoms with Gasteiger partial charge in [-0.25, -0.2) is 8.78 Å². The van der Waals surface area contributed by atoms with Crippen LogP contribution in [0.1, 0.15) is 5.56 Å². The van der Waals surface area contributed by atoms with Crippen LogP contribution >= 0.6 is 0 Å². The first-order valence-corrected chi connectivity index (χ1v) is 11.0. The molecule has 2 aliphatic rings. The molecule has 2 aliphatic heterocycles. The van der Waals surface area contributed by atoms with Crippen LogP contribution in [0.4, 0.5) is 25.8 Å². The van der Waals surface area contributed by atoms with Crippen molar-refractivity contribution in [3.8, 4) is 5.75 Å². The molecule has 7 heteroatoms. The molecule has 2 heterocycles. The molecule has 2 unspecified atom stereocenters. The summed E-state index contributed by atoms with van der Waals surface area (Å²) in [5.41, 5.74) is 3.53. The van der Waals surface area contributed by atoms with Crippen LogP contribution in [0.3, 0.4) is 0 Å². The molecule has 1 fully saturated rings. The molecule has 0 radical (unpaired) electrons. The van der Waals surface area contributed by atoms with Crippen molar-refractivity contribution in [2.24, 2.45) is 5.92 Å². The first-order chi connectivity index (χ1) is 16.0. The smallest absolute Gasteiger partial charge is 0.229 e. The number of halogens is 2. The average molecular weight is 450 g/mol. The van der Waals surface area contributed by atoms with Crippen molar-refractivity contribution in [2.75, 3.05) is 41.9 Å². The van der Waals surface area contributed by atoms with Gasteiger partial charge in [0.15, 0.2) is 0 Å². The summed E-state index contributed by atoms with van der Waals surface area (Å²) in [5, 5.41) is 2.90. The number of anilines is 3. The highest BCUT2D eigenvalue weighted by Crippen LogP contribution is 2.39. The zero-order chi connectivity index (χ0) is 22.9. The molecule has 170 valence electrons. The molecule has 1 saturated heterocycles. The molecule has 1 N–H and O–H groups in total. The zero-order valence-electron chi connectivity index (χ0n) is 18.3. The Kier molecular flexibility index (Phi) is 5.62. The first kappa shape index (κ1) is 21.2. The summed E-state index contributed by atoms with van der Waals surface area (Å²) in [6.45, 7) is 2.08. The lowest BCUT2D eigenvalue weighted by Gasteiger charge is -2.49. The molecule has 33 heavy (non-hydrogen) atoms. The number of piperazine rings is 1. The van der Waals surface area contributed by atoms with Crippen LogP contribution in [0.25, 0.3) is 0 Å². The minimum absolute atomic E-state index is 0.100. The Bertz CT molecular complexity index is 1170. The van der Waals surface area contributed by atoms with Gasteiger partial charge in [0.2, 0.25) is 5.91 Å². The summed E-state index contributed by atoms with van der Waals surface area (Å²) < 4.78 is 32.5. The lowest BCUT2D eigenvalue weighted by Crippen LogP contribution is -2.60. The molecule has 0 aliphatic carbocycles. The summed E-state index contributed by atoms with van der Waals surface area (Å²) in [4.78, 5) is 17.9. The van der Waals surface area contributed by atoms with Crippen LogP contribution in [0.15, 0.2) is 66.7 Å². The summed E-state index contributed by atoms with van der Waals surface area (Å²) in [5.74, 6) is -0.370. The van der Waals surface area contributed by atoms with Crippen molar-refractivity contribution in [1.82, 2.24) is 0 Å². The summed E-state index contributed by atoms with van der Waals surface area (Å²) >= 11 is 0. The minimum Gasteiger partial charge on any atom is -0.497 e. The van der Waals surface area contributed by atoms with Gasteiger partial charge in [-0.15, -0.1) is 0 Å². The van der Waals surface area contributed by atoms with Gasteiger partial charge >= 0.3 is 0 Å². The average Bonchev–Trinajstić information content (AvgIpc) is 2.83. The Hall–Kier alpha value is -3.61. The Morgan fingerprint density at radius 3 is 2.58 bits per heavy atom. The molecule has 1 amide bonds. The van der Waals surface area contributed by atoms with Crippen molar-refractivity contribution in [1.29, 1.82) is 0 Å². The molecule has 0 saturated carbocycles. The number of nitrogens with one attached hydrogen (secondary N) is 1. The van der Waals surface area contributed by atoms with Crippen LogP contribution in [-0.2, 0) is 11.2 Å². The normalized spacial score (nSPS) is 19.5. The third kappa shape index (κ3) is 4.23. The Labute approximate surface area is 191 Å². The van der Waals surface area contributed by atoms with E-state index in [1.54, 1.807) is 31.4 Å². The van der Waals surface area contributed by atoms with E-state index in [1.807, 2.05) is 18.2 Å². The number of carbonyl (C=O) groups is 1. The van der Waals surface area contributed by atoms with Gasteiger partial charge in [0.05, 0.1) is 19.1 Å². The van der Waals surface area contributed by atoms with E-state index < -0.39 is 5.82 Å². The van der Waals surface area contributed by atoms with Crippen molar-refractivity contribution in [3.05, 3.63) is 83.9 Å². The van der Waals surface area contributed by atoms with E-state index in [2.05, 4.69) is 15.1 Å². The maximum Gasteiger partial charge on any atom is 0.229 e. The van der Waals surface area contributed by atoms with E-state index in [0.717, 1.165) is 29.2 Å². The van der Waals surface area contributed by atoms with E-state index in [0.29, 0.717) is 25.2 Å². The number of fused-ring (bicyclic) bond motifs is 3. The number of amides is 1. The second-order valence-electron chi connectivity index (χ2n) is 8.49. The van der Waals surface area contributed by atoms with Gasteiger partial charge in [-0.2, -0.15) is 0 Å². The maximum atomic E-state index is 13.7. The number of ether oxygens (including phenoxy) is 1. The quantitative estimate of drug-likeness (QED) is 0.638. The summed E-state index contributed by atoms with van der Waals surface area (Å²) in [7, 11) is 1.64. The molecule has 5 nitrogen and oxygen atoms in total. The topological polar surface area (TPSA) is 44.8 Å². The zero-order valence-corrected chi connectivity index (χ0v) is 18.3. The largest absolute Gasteiger partial charge is 0.497 e. The van der Waals surface area contributed by atoms with Crippen LogP contribution in [0.2, 0.25) is 0 Å². The lowest BCUT2D eigenvalue weighted by atomic mass is 9.83. The van der Waals surface area contributed by atoms with Gasteiger partial charge < -0.3 is 19.9 Å². The fourth-order valence-electron chi connectivity index (χ4n) is 4.89. The molecular formula is C26H25F2N3O2. The van der Waals surface area contributed by atoms with E-state index in [4.69, 9.17) is 4.74 Å². The fourth-order valence-corrected chi connectivity index (χ4v) is 4.89. The molecule has 0 spiro atoms. The molecule has 2 atom stereocenters. The standard InChI is InChI=1S/C26H25F2N3O2/c1-33-22-10-5-17-13-23(26(32)29-20-4-2-3-19(28)14-20)25-16-30(11-12-31(25)24(17)15-22)21-8-6-18(27)7-9-21/h2-10,14-15,23,25H,11-13,16H2,1H3,(H,29,32). The number of rotatable bonds is 4. The Morgan fingerprint density at radius 1 is 1.00 bits per heavy atom. The van der Waals surface area contributed by atoms with Gasteiger partial charge in [-0.1, -0.05) is 12.1 Å². The van der Waals surface area contributed by atoms with E-state index >= 15 is 0 Å². The van der Waals surface area contributed by atoms with Gasteiger partial charge in [0, 0.05) is 42.8 Å². The number of carbonyl (C=O) groups excluding carboxylic acids is 1. The molecule has 3 aromatic carbocycles. The number of hydrogen-bond donors (Lipinski definition) is 1.